The van der Waals surface area contributed by atoms with E-state index in [1.165, 1.54) is 24.0 Å². The standard InChI is InChI=1S/C18H15N3/c1-10-8-15-16(9-13(10)11-6-7-11)21-18-17(19-15)12-4-2-3-5-14(12)20-18/h2-5,8-9,11H,6-7H2,1H3,(H,20,21). The fraction of sp³-hybridized carbons (Fsp3) is 0.222. The average Bonchev–Trinajstić information content (AvgIpc) is 3.26. The summed E-state index contributed by atoms with van der Waals surface area (Å²) in [6.45, 7) is 2.19. The summed E-state index contributed by atoms with van der Waals surface area (Å²) in [6, 6.07) is 12.7. The lowest BCUT2D eigenvalue weighted by Gasteiger charge is -2.06. The minimum absolute atomic E-state index is 0.745. The molecule has 2 aromatic heterocycles. The topological polar surface area (TPSA) is 41.6 Å². The molecule has 2 aromatic carbocycles. The first-order valence-electron chi connectivity index (χ1n) is 7.48. The molecule has 0 atom stereocenters. The summed E-state index contributed by atoms with van der Waals surface area (Å²) in [5.74, 6) is 0.745. The molecule has 1 N–H and O–H groups in total. The molecule has 0 bridgehead atoms. The predicted octanol–water partition coefficient (Wildman–Crippen LogP) is 4.45. The molecule has 0 radical (unpaired) electrons. The van der Waals surface area contributed by atoms with Gasteiger partial charge in [0.15, 0.2) is 5.65 Å². The van der Waals surface area contributed by atoms with Gasteiger partial charge >= 0.3 is 0 Å². The maximum Gasteiger partial charge on any atom is 0.157 e. The third-order valence-electron chi connectivity index (χ3n) is 4.50. The summed E-state index contributed by atoms with van der Waals surface area (Å²) in [4.78, 5) is 13.0. The van der Waals surface area contributed by atoms with Crippen LogP contribution >= 0.6 is 0 Å². The average molecular weight is 273 g/mol. The molecule has 3 nitrogen and oxygen atoms in total. The van der Waals surface area contributed by atoms with Gasteiger partial charge in [0.2, 0.25) is 0 Å². The largest absolute Gasteiger partial charge is 0.338 e. The summed E-state index contributed by atoms with van der Waals surface area (Å²) in [5.41, 5.74) is 7.74. The van der Waals surface area contributed by atoms with E-state index in [0.29, 0.717) is 0 Å². The van der Waals surface area contributed by atoms with E-state index in [1.807, 2.05) is 12.1 Å². The van der Waals surface area contributed by atoms with Crippen LogP contribution in [0.5, 0.6) is 0 Å². The van der Waals surface area contributed by atoms with E-state index in [0.717, 1.165) is 39.0 Å². The molecule has 3 heteroatoms. The highest BCUT2D eigenvalue weighted by molar-refractivity contribution is 6.05. The van der Waals surface area contributed by atoms with E-state index < -0.39 is 0 Å². The monoisotopic (exact) mass is 273 g/mol. The molecular weight excluding hydrogens is 258 g/mol. The van der Waals surface area contributed by atoms with Crippen LogP contribution in [0.25, 0.3) is 33.1 Å². The SMILES string of the molecule is Cc1cc2nc3c(nc2cc1C1CC1)[nH]c1ccccc13. The zero-order valence-corrected chi connectivity index (χ0v) is 11.9. The molecule has 0 amide bonds. The summed E-state index contributed by atoms with van der Waals surface area (Å²) < 4.78 is 0. The van der Waals surface area contributed by atoms with Crippen molar-refractivity contribution in [3.63, 3.8) is 0 Å². The van der Waals surface area contributed by atoms with Gasteiger partial charge in [-0.2, -0.15) is 0 Å². The molecule has 21 heavy (non-hydrogen) atoms. The highest BCUT2D eigenvalue weighted by Crippen LogP contribution is 2.42. The van der Waals surface area contributed by atoms with Crippen molar-refractivity contribution in [1.29, 1.82) is 0 Å². The maximum atomic E-state index is 4.85. The van der Waals surface area contributed by atoms with Crippen molar-refractivity contribution >= 4 is 33.1 Å². The number of benzene rings is 2. The van der Waals surface area contributed by atoms with Crippen LogP contribution in [-0.4, -0.2) is 15.0 Å². The lowest BCUT2D eigenvalue weighted by Crippen LogP contribution is -1.91. The number of hydrogen-bond acceptors (Lipinski definition) is 2. The molecule has 0 spiro atoms. The van der Waals surface area contributed by atoms with Gasteiger partial charge in [0.25, 0.3) is 0 Å². The van der Waals surface area contributed by atoms with Gasteiger partial charge in [0, 0.05) is 10.9 Å². The molecule has 0 saturated heterocycles. The second-order valence-corrected chi connectivity index (χ2v) is 6.06. The Morgan fingerprint density at radius 3 is 2.71 bits per heavy atom. The molecule has 0 aliphatic heterocycles. The Bertz CT molecular complexity index is 1010. The molecule has 4 aromatic rings. The normalized spacial score (nSPS) is 15.3. The Morgan fingerprint density at radius 2 is 1.86 bits per heavy atom. The Balaban J connectivity index is 1.89. The number of aromatic nitrogens is 3. The highest BCUT2D eigenvalue weighted by atomic mass is 14.9. The summed E-state index contributed by atoms with van der Waals surface area (Å²) >= 11 is 0. The Morgan fingerprint density at radius 1 is 1.05 bits per heavy atom. The maximum absolute atomic E-state index is 4.85. The van der Waals surface area contributed by atoms with Gasteiger partial charge in [0.1, 0.15) is 5.52 Å². The molecule has 1 saturated carbocycles. The van der Waals surface area contributed by atoms with Gasteiger partial charge in [-0.1, -0.05) is 18.2 Å². The quantitative estimate of drug-likeness (QED) is 0.556. The van der Waals surface area contributed by atoms with E-state index in [9.17, 15) is 0 Å². The molecule has 0 unspecified atom stereocenters. The number of hydrogen-bond donors (Lipinski definition) is 1. The van der Waals surface area contributed by atoms with Gasteiger partial charge in [-0.05, 0) is 55.0 Å². The molecule has 1 fully saturated rings. The Hall–Kier alpha value is -2.42. The second-order valence-electron chi connectivity index (χ2n) is 6.06. The van der Waals surface area contributed by atoms with Gasteiger partial charge in [-0.25, -0.2) is 9.97 Å². The van der Waals surface area contributed by atoms with E-state index in [1.54, 1.807) is 0 Å². The van der Waals surface area contributed by atoms with Gasteiger partial charge in [0.05, 0.1) is 11.0 Å². The third-order valence-corrected chi connectivity index (χ3v) is 4.50. The number of nitrogens with zero attached hydrogens (tertiary/aromatic N) is 2. The summed E-state index contributed by atoms with van der Waals surface area (Å²) in [7, 11) is 0. The van der Waals surface area contributed by atoms with Crippen LogP contribution in [-0.2, 0) is 0 Å². The number of fused-ring (bicyclic) bond motifs is 4. The zero-order chi connectivity index (χ0) is 14.0. The molecule has 102 valence electrons. The minimum atomic E-state index is 0.745. The molecule has 1 aliphatic rings. The first kappa shape index (κ1) is 11.3. The van der Waals surface area contributed by atoms with Crippen LogP contribution in [0.1, 0.15) is 29.9 Å². The third kappa shape index (κ3) is 1.60. The fourth-order valence-electron chi connectivity index (χ4n) is 3.26. The zero-order valence-electron chi connectivity index (χ0n) is 11.9. The van der Waals surface area contributed by atoms with Crippen molar-refractivity contribution in [3.8, 4) is 0 Å². The van der Waals surface area contributed by atoms with Crippen molar-refractivity contribution in [2.75, 3.05) is 0 Å². The number of nitrogens with one attached hydrogen (secondary N) is 1. The lowest BCUT2D eigenvalue weighted by molar-refractivity contribution is 1.10. The molecule has 2 heterocycles. The lowest BCUT2D eigenvalue weighted by atomic mass is 10.0. The van der Waals surface area contributed by atoms with Crippen LogP contribution in [0.3, 0.4) is 0 Å². The van der Waals surface area contributed by atoms with Crippen LogP contribution in [0.4, 0.5) is 0 Å². The van der Waals surface area contributed by atoms with Gasteiger partial charge < -0.3 is 4.98 Å². The smallest absolute Gasteiger partial charge is 0.157 e. The van der Waals surface area contributed by atoms with Gasteiger partial charge in [-0.15, -0.1) is 0 Å². The minimum Gasteiger partial charge on any atom is -0.338 e. The molecular formula is C18H15N3. The summed E-state index contributed by atoms with van der Waals surface area (Å²) in [5, 5.41) is 1.14. The van der Waals surface area contributed by atoms with Crippen molar-refractivity contribution < 1.29 is 0 Å². The summed E-state index contributed by atoms with van der Waals surface area (Å²) in [6.07, 6.45) is 2.63. The van der Waals surface area contributed by atoms with E-state index in [-0.39, 0.29) is 0 Å². The number of H-pyrrole nitrogens is 1. The fourth-order valence-corrected chi connectivity index (χ4v) is 3.26. The highest BCUT2D eigenvalue weighted by Gasteiger charge is 2.25. The number of aromatic amines is 1. The first-order valence-corrected chi connectivity index (χ1v) is 7.48. The number of rotatable bonds is 1. The van der Waals surface area contributed by atoms with Crippen molar-refractivity contribution in [3.05, 3.63) is 47.5 Å². The van der Waals surface area contributed by atoms with E-state index in [4.69, 9.17) is 9.97 Å². The van der Waals surface area contributed by atoms with Crippen molar-refractivity contribution in [1.82, 2.24) is 15.0 Å². The Kier molecular flexibility index (Phi) is 2.05. The Labute approximate surface area is 122 Å². The first-order chi connectivity index (χ1) is 10.3. The van der Waals surface area contributed by atoms with Crippen molar-refractivity contribution in [2.24, 2.45) is 0 Å². The predicted molar refractivity (Wildman–Crippen MR) is 85.6 cm³/mol. The van der Waals surface area contributed by atoms with E-state index in [2.05, 4.69) is 36.2 Å². The number of aryl methyl sites for hydroxylation is 1. The van der Waals surface area contributed by atoms with E-state index >= 15 is 0 Å². The van der Waals surface area contributed by atoms with Crippen LogP contribution in [0.15, 0.2) is 36.4 Å². The van der Waals surface area contributed by atoms with Crippen LogP contribution in [0.2, 0.25) is 0 Å². The van der Waals surface area contributed by atoms with Crippen LogP contribution < -0.4 is 0 Å². The molecule has 1 aliphatic carbocycles. The molecule has 5 rings (SSSR count). The second kappa shape index (κ2) is 3.82. The number of para-hydroxylation sites is 1. The van der Waals surface area contributed by atoms with Gasteiger partial charge in [-0.3, -0.25) is 0 Å². The van der Waals surface area contributed by atoms with Crippen LogP contribution in [0, 0.1) is 6.92 Å². The van der Waals surface area contributed by atoms with Crippen molar-refractivity contribution in [2.45, 2.75) is 25.7 Å².